The van der Waals surface area contributed by atoms with Crippen LogP contribution in [0.3, 0.4) is 0 Å². The summed E-state index contributed by atoms with van der Waals surface area (Å²) >= 11 is 0. The first-order valence-corrected chi connectivity index (χ1v) is 10.6. The molecule has 0 aromatic heterocycles. The van der Waals surface area contributed by atoms with Crippen LogP contribution in [-0.2, 0) is 22.1 Å². The maximum atomic E-state index is 12.8. The predicted octanol–water partition coefficient (Wildman–Crippen LogP) is 2.96. The number of carbonyl (C=O) groups excluding carboxylic acids is 1. The fraction of sp³-hybridized carbons (Fsp3) is 0.350. The Morgan fingerprint density at radius 2 is 1.65 bits per heavy atom. The highest BCUT2D eigenvalue weighted by Gasteiger charge is 2.16. The summed E-state index contributed by atoms with van der Waals surface area (Å²) < 4.78 is 23.0. The molecule has 0 bridgehead atoms. The van der Waals surface area contributed by atoms with Crippen molar-refractivity contribution < 1.29 is 13.2 Å². The summed E-state index contributed by atoms with van der Waals surface area (Å²) in [6.45, 7) is 3.02. The minimum atomic E-state index is -3.13. The zero-order valence-corrected chi connectivity index (χ0v) is 16.6. The Bertz CT molecular complexity index is 859. The van der Waals surface area contributed by atoms with Crippen molar-refractivity contribution in [1.29, 1.82) is 0 Å². The quantitative estimate of drug-likeness (QED) is 0.748. The zero-order valence-electron chi connectivity index (χ0n) is 15.8. The van der Waals surface area contributed by atoms with Gasteiger partial charge in [0.1, 0.15) is 0 Å². The number of benzene rings is 2. The van der Waals surface area contributed by atoms with Crippen LogP contribution in [0, 0.1) is 0 Å². The van der Waals surface area contributed by atoms with E-state index in [9.17, 15) is 13.2 Å². The van der Waals surface area contributed by atoms with E-state index in [1.165, 1.54) is 6.26 Å². The smallest absolute Gasteiger partial charge is 0.254 e. The highest BCUT2D eigenvalue weighted by atomic mass is 32.2. The van der Waals surface area contributed by atoms with Crippen molar-refractivity contribution in [3.8, 4) is 0 Å². The Kier molecular flexibility index (Phi) is 6.42. The normalized spacial score (nSPS) is 11.2. The first-order chi connectivity index (χ1) is 12.2. The van der Waals surface area contributed by atoms with Crippen molar-refractivity contribution in [3.05, 3.63) is 65.2 Å². The number of nitrogens with zero attached hydrogens (tertiary/aromatic N) is 2. The first kappa shape index (κ1) is 20.0. The molecule has 0 N–H and O–H groups in total. The van der Waals surface area contributed by atoms with E-state index < -0.39 is 9.84 Å². The van der Waals surface area contributed by atoms with Gasteiger partial charge in [0.2, 0.25) is 0 Å². The van der Waals surface area contributed by atoms with Crippen molar-refractivity contribution in [3.63, 3.8) is 0 Å². The lowest BCUT2D eigenvalue weighted by molar-refractivity contribution is 0.0752. The minimum Gasteiger partial charge on any atom is -0.378 e. The molecule has 2 rings (SSSR count). The molecule has 6 heteroatoms. The molecule has 26 heavy (non-hydrogen) atoms. The van der Waals surface area contributed by atoms with Crippen molar-refractivity contribution in [1.82, 2.24) is 4.90 Å². The van der Waals surface area contributed by atoms with E-state index in [0.29, 0.717) is 24.2 Å². The molecule has 2 aromatic carbocycles. The lowest BCUT2D eigenvalue weighted by atomic mass is 10.1. The molecule has 0 radical (unpaired) electrons. The second kappa shape index (κ2) is 8.36. The molecule has 5 nitrogen and oxygen atoms in total. The molecule has 0 saturated carbocycles. The van der Waals surface area contributed by atoms with Crippen LogP contribution < -0.4 is 4.90 Å². The molecule has 0 aliphatic heterocycles. The van der Waals surface area contributed by atoms with Crippen LogP contribution in [0.25, 0.3) is 0 Å². The van der Waals surface area contributed by atoms with Crippen molar-refractivity contribution in [2.75, 3.05) is 31.8 Å². The van der Waals surface area contributed by atoms with Gasteiger partial charge in [-0.3, -0.25) is 4.79 Å². The summed E-state index contributed by atoms with van der Waals surface area (Å²) in [5.41, 5.74) is 3.30. The predicted molar refractivity (Wildman–Crippen MR) is 106 cm³/mol. The fourth-order valence-electron chi connectivity index (χ4n) is 2.73. The Balaban J connectivity index is 2.16. The number of rotatable bonds is 7. The van der Waals surface area contributed by atoms with E-state index in [-0.39, 0.29) is 11.7 Å². The Morgan fingerprint density at radius 3 is 2.19 bits per heavy atom. The molecule has 0 aliphatic carbocycles. The Morgan fingerprint density at radius 1 is 1.00 bits per heavy atom. The molecule has 0 spiro atoms. The lowest BCUT2D eigenvalue weighted by Gasteiger charge is -2.22. The van der Waals surface area contributed by atoms with Crippen LogP contribution in [0.5, 0.6) is 0 Å². The fourth-order valence-corrected chi connectivity index (χ4v) is 3.51. The Hall–Kier alpha value is -2.34. The van der Waals surface area contributed by atoms with Gasteiger partial charge in [0.05, 0.1) is 5.75 Å². The molecular weight excluding hydrogens is 348 g/mol. The van der Waals surface area contributed by atoms with Crippen LogP contribution >= 0.6 is 0 Å². The largest absolute Gasteiger partial charge is 0.378 e. The lowest BCUT2D eigenvalue weighted by Crippen LogP contribution is -2.30. The van der Waals surface area contributed by atoms with Crippen LogP contribution in [-0.4, -0.2) is 46.1 Å². The highest BCUT2D eigenvalue weighted by molar-refractivity contribution is 7.89. The van der Waals surface area contributed by atoms with Gasteiger partial charge >= 0.3 is 0 Å². The molecule has 2 aromatic rings. The maximum absolute atomic E-state index is 12.8. The van der Waals surface area contributed by atoms with E-state index in [1.54, 1.807) is 29.2 Å². The van der Waals surface area contributed by atoms with Gasteiger partial charge in [-0.1, -0.05) is 24.3 Å². The molecule has 140 valence electrons. The standard InChI is InChI=1S/C20H26N2O3S/c1-5-22(14-16-9-11-19(12-10-16)21(2)3)20(23)18-8-6-7-17(13-18)15-26(4,24)25/h6-13H,5,14-15H2,1-4H3. The summed E-state index contributed by atoms with van der Waals surface area (Å²) in [6, 6.07) is 15.0. The average molecular weight is 375 g/mol. The van der Waals surface area contributed by atoms with E-state index in [0.717, 1.165) is 11.3 Å². The van der Waals surface area contributed by atoms with Gasteiger partial charge in [-0.2, -0.15) is 0 Å². The van der Waals surface area contributed by atoms with E-state index >= 15 is 0 Å². The van der Waals surface area contributed by atoms with Gasteiger partial charge in [-0.15, -0.1) is 0 Å². The molecule has 1 amide bonds. The van der Waals surface area contributed by atoms with Crippen LogP contribution in [0.15, 0.2) is 48.5 Å². The number of hydrogen-bond donors (Lipinski definition) is 0. The van der Waals surface area contributed by atoms with Crippen molar-refractivity contribution in [2.24, 2.45) is 0 Å². The number of anilines is 1. The van der Waals surface area contributed by atoms with Crippen LogP contribution in [0.1, 0.15) is 28.4 Å². The molecule has 0 fully saturated rings. The Labute approximate surface area is 156 Å². The van der Waals surface area contributed by atoms with Crippen molar-refractivity contribution >= 4 is 21.4 Å². The van der Waals surface area contributed by atoms with E-state index in [2.05, 4.69) is 0 Å². The molecule has 0 atom stereocenters. The topological polar surface area (TPSA) is 57.7 Å². The number of carbonyl (C=O) groups is 1. The molecule has 0 saturated heterocycles. The summed E-state index contributed by atoms with van der Waals surface area (Å²) in [5, 5.41) is 0. The molecule has 0 aliphatic rings. The van der Waals surface area contributed by atoms with Gasteiger partial charge in [0.15, 0.2) is 9.84 Å². The summed E-state index contributed by atoms with van der Waals surface area (Å²) in [7, 11) is 0.839. The summed E-state index contributed by atoms with van der Waals surface area (Å²) in [5.74, 6) is -0.161. The summed E-state index contributed by atoms with van der Waals surface area (Å²) in [6.07, 6.45) is 1.19. The number of sulfone groups is 1. The first-order valence-electron chi connectivity index (χ1n) is 8.52. The van der Waals surface area contributed by atoms with Gasteiger partial charge in [0, 0.05) is 44.7 Å². The van der Waals surface area contributed by atoms with Crippen LogP contribution in [0.4, 0.5) is 5.69 Å². The molecule has 0 unspecified atom stereocenters. The van der Waals surface area contributed by atoms with Gasteiger partial charge in [-0.05, 0) is 42.3 Å². The number of amides is 1. The second-order valence-corrected chi connectivity index (χ2v) is 8.79. The summed E-state index contributed by atoms with van der Waals surface area (Å²) in [4.78, 5) is 16.6. The van der Waals surface area contributed by atoms with E-state index in [4.69, 9.17) is 0 Å². The SMILES string of the molecule is CCN(Cc1ccc(N(C)C)cc1)C(=O)c1cccc(CS(C)(=O)=O)c1. The van der Waals surface area contributed by atoms with Gasteiger partial charge in [-0.25, -0.2) is 8.42 Å². The third-order valence-corrected chi connectivity index (χ3v) is 4.96. The highest BCUT2D eigenvalue weighted by Crippen LogP contribution is 2.16. The average Bonchev–Trinajstić information content (AvgIpc) is 2.58. The molecular formula is C20H26N2O3S. The maximum Gasteiger partial charge on any atom is 0.254 e. The number of hydrogen-bond acceptors (Lipinski definition) is 4. The van der Waals surface area contributed by atoms with Crippen molar-refractivity contribution in [2.45, 2.75) is 19.2 Å². The molecule has 0 heterocycles. The third kappa shape index (κ3) is 5.59. The van der Waals surface area contributed by atoms with Gasteiger partial charge in [0.25, 0.3) is 5.91 Å². The zero-order chi connectivity index (χ0) is 19.3. The van der Waals surface area contributed by atoms with Crippen LogP contribution in [0.2, 0.25) is 0 Å². The third-order valence-electron chi connectivity index (χ3n) is 4.10. The monoisotopic (exact) mass is 374 g/mol. The van der Waals surface area contributed by atoms with E-state index in [1.807, 2.05) is 50.2 Å². The minimum absolute atomic E-state index is 0.0633. The second-order valence-electron chi connectivity index (χ2n) is 6.65. The van der Waals surface area contributed by atoms with Gasteiger partial charge < -0.3 is 9.80 Å².